The van der Waals surface area contributed by atoms with Crippen molar-refractivity contribution in [3.63, 3.8) is 0 Å². The smallest absolute Gasteiger partial charge is 0.282 e. The fourth-order valence-corrected chi connectivity index (χ4v) is 5.95. The molecular formula is C26H17N3O9S2. The molecule has 0 radical (unpaired) electrons. The second-order valence-corrected chi connectivity index (χ2v) is 11.3. The number of benzene rings is 4. The minimum absolute atomic E-state index is 0.0162. The van der Waals surface area contributed by atoms with Crippen LogP contribution in [0.1, 0.15) is 11.1 Å². The van der Waals surface area contributed by atoms with Gasteiger partial charge in [0, 0.05) is 28.5 Å². The van der Waals surface area contributed by atoms with E-state index < -0.39 is 40.9 Å². The van der Waals surface area contributed by atoms with Crippen molar-refractivity contribution in [1.82, 2.24) is 0 Å². The van der Waals surface area contributed by atoms with Crippen molar-refractivity contribution >= 4 is 60.2 Å². The largest absolute Gasteiger partial charge is 0.297 e. The van der Waals surface area contributed by atoms with Crippen LogP contribution in [0.15, 0.2) is 105 Å². The van der Waals surface area contributed by atoms with Crippen LogP contribution in [0.25, 0.3) is 16.8 Å². The summed E-state index contributed by atoms with van der Waals surface area (Å²) >= 11 is 0. The zero-order chi connectivity index (χ0) is 28.8. The van der Waals surface area contributed by atoms with E-state index in [-0.39, 0.29) is 39.2 Å². The fourth-order valence-electron chi connectivity index (χ4n) is 4.37. The lowest BCUT2D eigenvalue weighted by Gasteiger charge is -2.22. The van der Waals surface area contributed by atoms with Crippen LogP contribution < -0.4 is 4.90 Å². The normalized spacial score (nSPS) is 15.1. The Balaban J connectivity index is 1.78. The summed E-state index contributed by atoms with van der Waals surface area (Å²) in [7, 11) is -9.88. The van der Waals surface area contributed by atoms with E-state index in [1.165, 1.54) is 48.5 Å². The molecule has 1 aliphatic heterocycles. The van der Waals surface area contributed by atoms with Crippen LogP contribution in [0.5, 0.6) is 0 Å². The molecule has 2 N–H and O–H groups in total. The molecule has 0 aliphatic carbocycles. The maximum absolute atomic E-state index is 13.8. The molecule has 0 saturated heterocycles. The van der Waals surface area contributed by atoms with Crippen molar-refractivity contribution in [3.05, 3.63) is 112 Å². The molecule has 0 unspecified atom stereocenters. The number of amidine groups is 1. The van der Waals surface area contributed by atoms with Gasteiger partial charge in [0.2, 0.25) is 0 Å². The van der Waals surface area contributed by atoms with E-state index in [0.29, 0.717) is 5.56 Å². The van der Waals surface area contributed by atoms with Gasteiger partial charge in [0.25, 0.3) is 31.8 Å². The number of anilines is 1. The molecule has 4 aromatic rings. The van der Waals surface area contributed by atoms with Crippen LogP contribution in [0.2, 0.25) is 0 Å². The number of carbonyl (C=O) groups excluding carboxylic acids is 1. The van der Waals surface area contributed by atoms with Gasteiger partial charge in [-0.3, -0.25) is 28.9 Å². The Morgan fingerprint density at radius 1 is 0.825 bits per heavy atom. The van der Waals surface area contributed by atoms with Crippen LogP contribution in [0.4, 0.5) is 11.4 Å². The number of hydrogen-bond donors (Lipinski definition) is 2. The standard InChI is InChI=1S/C26H17N3O9S2/c30-26-21(15-16-6-4-9-18(14-16)29(31)32)27-25(17-7-2-1-3-8-17)28(26)22-13-12-19-20(24(22)40(36,37)38)10-5-11-23(19)39(33,34)35/h1-15H,(H,33,34,35)(H,36,37,38)/b21-15-. The van der Waals surface area contributed by atoms with Crippen LogP contribution in [0, 0.1) is 10.1 Å². The zero-order valence-corrected chi connectivity index (χ0v) is 21.7. The van der Waals surface area contributed by atoms with Gasteiger partial charge in [0.1, 0.15) is 21.3 Å². The Morgan fingerprint density at radius 3 is 2.17 bits per heavy atom. The Morgan fingerprint density at radius 2 is 1.52 bits per heavy atom. The van der Waals surface area contributed by atoms with E-state index >= 15 is 0 Å². The van der Waals surface area contributed by atoms with Gasteiger partial charge in [-0.15, -0.1) is 0 Å². The number of nitro benzene ring substituents is 1. The van der Waals surface area contributed by atoms with Gasteiger partial charge in [-0.2, -0.15) is 16.8 Å². The van der Waals surface area contributed by atoms with Crippen molar-refractivity contribution in [2.45, 2.75) is 9.79 Å². The quantitative estimate of drug-likeness (QED) is 0.147. The average Bonchev–Trinajstić information content (AvgIpc) is 3.22. The number of rotatable bonds is 6. The molecule has 0 spiro atoms. The maximum Gasteiger partial charge on any atom is 0.297 e. The van der Waals surface area contributed by atoms with Crippen molar-refractivity contribution in [3.8, 4) is 0 Å². The van der Waals surface area contributed by atoms with Crippen LogP contribution in [-0.4, -0.2) is 42.6 Å². The van der Waals surface area contributed by atoms with Gasteiger partial charge in [0.05, 0.1) is 10.6 Å². The van der Waals surface area contributed by atoms with Gasteiger partial charge >= 0.3 is 0 Å². The molecule has 0 atom stereocenters. The molecule has 0 bridgehead atoms. The number of nitro groups is 1. The molecule has 0 saturated carbocycles. The summed E-state index contributed by atoms with van der Waals surface area (Å²) in [5.74, 6) is -0.835. The Bertz CT molecular complexity index is 2000. The highest BCUT2D eigenvalue weighted by molar-refractivity contribution is 7.86. The molecule has 40 heavy (non-hydrogen) atoms. The molecule has 1 aliphatic rings. The lowest BCUT2D eigenvalue weighted by molar-refractivity contribution is -0.384. The molecule has 12 nitrogen and oxygen atoms in total. The Kier molecular flexibility index (Phi) is 6.55. The predicted molar refractivity (Wildman–Crippen MR) is 145 cm³/mol. The van der Waals surface area contributed by atoms with Gasteiger partial charge in [-0.05, 0) is 23.8 Å². The summed E-state index contributed by atoms with van der Waals surface area (Å²) in [5.41, 5.74) is -0.0695. The van der Waals surface area contributed by atoms with Crippen molar-refractivity contribution in [2.24, 2.45) is 4.99 Å². The van der Waals surface area contributed by atoms with Crippen LogP contribution in [-0.2, 0) is 25.0 Å². The van der Waals surface area contributed by atoms with E-state index in [4.69, 9.17) is 0 Å². The van der Waals surface area contributed by atoms with E-state index in [1.807, 2.05) is 0 Å². The van der Waals surface area contributed by atoms with Gasteiger partial charge in [0.15, 0.2) is 0 Å². The lowest BCUT2D eigenvalue weighted by Crippen LogP contribution is -2.34. The second kappa shape index (κ2) is 9.77. The highest BCUT2D eigenvalue weighted by Gasteiger charge is 2.37. The summed E-state index contributed by atoms with van der Waals surface area (Å²) in [4.78, 5) is 28.3. The topological polar surface area (TPSA) is 185 Å². The Hall–Kier alpha value is -4.76. The van der Waals surface area contributed by atoms with Crippen LogP contribution in [0.3, 0.4) is 0 Å². The third-order valence-electron chi connectivity index (χ3n) is 6.00. The van der Waals surface area contributed by atoms with Crippen LogP contribution >= 0.6 is 0 Å². The van der Waals surface area contributed by atoms with Gasteiger partial charge < -0.3 is 0 Å². The average molecular weight is 580 g/mol. The Labute approximate surface area is 227 Å². The third kappa shape index (κ3) is 4.87. The number of fused-ring (bicyclic) bond motifs is 1. The summed E-state index contributed by atoms with van der Waals surface area (Å²) in [6.07, 6.45) is 1.29. The SMILES string of the molecule is O=C1/C(=C/c2cccc([N+](=O)[O-])c2)N=C(c2ccccc2)N1c1ccc2c(S(=O)(=O)O)cccc2c1S(=O)(=O)O. The number of nitrogens with zero attached hydrogens (tertiary/aromatic N) is 3. The molecule has 202 valence electrons. The number of non-ortho nitro benzene ring substituents is 1. The first-order valence-corrected chi connectivity index (χ1v) is 14.2. The molecule has 4 aromatic carbocycles. The van der Waals surface area contributed by atoms with E-state index in [0.717, 1.165) is 17.0 Å². The van der Waals surface area contributed by atoms with Gasteiger partial charge in [-0.25, -0.2) is 4.99 Å². The summed E-state index contributed by atoms with van der Waals surface area (Å²) in [6.45, 7) is 0. The molecule has 14 heteroatoms. The fraction of sp³-hybridized carbons (Fsp3) is 0. The third-order valence-corrected chi connectivity index (χ3v) is 7.86. The first-order chi connectivity index (χ1) is 18.9. The van der Waals surface area contributed by atoms with E-state index in [9.17, 15) is 40.8 Å². The molecule has 0 fully saturated rings. The summed E-state index contributed by atoms with van der Waals surface area (Å²) < 4.78 is 69.2. The molecule has 1 amide bonds. The molecule has 5 rings (SSSR count). The molecule has 1 heterocycles. The van der Waals surface area contributed by atoms with E-state index in [1.54, 1.807) is 30.3 Å². The monoisotopic (exact) mass is 579 g/mol. The second-order valence-electron chi connectivity index (χ2n) is 8.54. The highest BCUT2D eigenvalue weighted by Crippen LogP contribution is 2.39. The summed E-state index contributed by atoms with van der Waals surface area (Å²) in [6, 6.07) is 19.5. The number of carbonyl (C=O) groups is 1. The number of hydrogen-bond acceptors (Lipinski definition) is 8. The lowest BCUT2D eigenvalue weighted by atomic mass is 10.1. The van der Waals surface area contributed by atoms with Crippen molar-refractivity contribution in [1.29, 1.82) is 0 Å². The predicted octanol–water partition coefficient (Wildman–Crippen LogP) is 4.08. The highest BCUT2D eigenvalue weighted by atomic mass is 32.2. The zero-order valence-electron chi connectivity index (χ0n) is 20.1. The first-order valence-electron chi connectivity index (χ1n) is 11.3. The first kappa shape index (κ1) is 26.8. The molecule has 0 aromatic heterocycles. The van der Waals surface area contributed by atoms with Crippen molar-refractivity contribution in [2.75, 3.05) is 4.90 Å². The molecular weight excluding hydrogens is 562 g/mol. The minimum atomic E-state index is -5.10. The van der Waals surface area contributed by atoms with Crippen molar-refractivity contribution < 1.29 is 35.7 Å². The number of aliphatic imine (C=N–C) groups is 1. The maximum atomic E-state index is 13.8. The number of amides is 1. The minimum Gasteiger partial charge on any atom is -0.282 e. The van der Waals surface area contributed by atoms with Gasteiger partial charge in [-0.1, -0.05) is 60.7 Å². The summed E-state index contributed by atoms with van der Waals surface area (Å²) in [5, 5.41) is 10.7. The van der Waals surface area contributed by atoms with E-state index in [2.05, 4.69) is 4.99 Å².